The molecule has 1 heterocycles. The molecule has 2 atom stereocenters. The maximum absolute atomic E-state index is 12.2. The van der Waals surface area contributed by atoms with Crippen molar-refractivity contribution in [1.29, 1.82) is 0 Å². The van der Waals surface area contributed by atoms with Gasteiger partial charge < -0.3 is 20.1 Å². The largest absolute Gasteiger partial charge is 0.486 e. The molecule has 2 N–H and O–H groups in total. The van der Waals surface area contributed by atoms with Crippen molar-refractivity contribution in [2.24, 2.45) is 0 Å². The van der Waals surface area contributed by atoms with E-state index in [4.69, 9.17) is 9.47 Å². The average molecular weight is 391 g/mol. The monoisotopic (exact) mass is 390 g/mol. The smallest absolute Gasteiger partial charge is 0.242 e. The normalized spacial score (nSPS) is 17.0. The molecule has 0 saturated carbocycles. The summed E-state index contributed by atoms with van der Waals surface area (Å²) in [7, 11) is 0. The van der Waals surface area contributed by atoms with Gasteiger partial charge in [-0.3, -0.25) is 4.79 Å². The van der Waals surface area contributed by atoms with Crippen LogP contribution in [0.4, 0.5) is 5.69 Å². The Bertz CT molecular complexity index is 706. The van der Waals surface area contributed by atoms with Crippen LogP contribution in [0, 0.1) is 0 Å². The zero-order chi connectivity index (χ0) is 16.9. The molecule has 0 spiro atoms. The lowest BCUT2D eigenvalue weighted by Crippen LogP contribution is -2.45. The predicted molar refractivity (Wildman–Crippen MR) is 96.6 cm³/mol. The molecule has 1 aliphatic heterocycles. The topological polar surface area (TPSA) is 59.6 Å². The number of amides is 1. The number of rotatable bonds is 5. The Kier molecular flexibility index (Phi) is 5.25. The highest BCUT2D eigenvalue weighted by molar-refractivity contribution is 9.10. The second kappa shape index (κ2) is 7.57. The molecule has 0 radical (unpaired) electrons. The molecule has 2 unspecified atom stereocenters. The number of halogens is 1. The first-order chi connectivity index (χ1) is 11.6. The van der Waals surface area contributed by atoms with Crippen molar-refractivity contribution in [3.05, 3.63) is 53.0 Å². The van der Waals surface area contributed by atoms with E-state index in [9.17, 15) is 4.79 Å². The Labute approximate surface area is 149 Å². The highest BCUT2D eigenvalue weighted by Crippen LogP contribution is 2.30. The summed E-state index contributed by atoms with van der Waals surface area (Å²) in [6, 6.07) is 14.9. The summed E-state index contributed by atoms with van der Waals surface area (Å²) in [6.45, 7) is 2.65. The number of ether oxygens (including phenoxy) is 2. The fourth-order valence-corrected chi connectivity index (χ4v) is 2.66. The molecule has 0 bridgehead atoms. The minimum Gasteiger partial charge on any atom is -0.486 e. The van der Waals surface area contributed by atoms with Gasteiger partial charge in [-0.2, -0.15) is 0 Å². The van der Waals surface area contributed by atoms with Crippen LogP contribution in [0.25, 0.3) is 0 Å². The summed E-state index contributed by atoms with van der Waals surface area (Å²) in [5, 5.41) is 6.07. The number of fused-ring (bicyclic) bond motifs is 1. The van der Waals surface area contributed by atoms with Crippen LogP contribution in [0.15, 0.2) is 53.0 Å². The minimum atomic E-state index is -0.344. The number of anilines is 1. The van der Waals surface area contributed by atoms with Crippen LogP contribution in [-0.2, 0) is 4.79 Å². The minimum absolute atomic E-state index is 0.0830. The molecule has 3 rings (SSSR count). The van der Waals surface area contributed by atoms with Gasteiger partial charge in [0, 0.05) is 10.2 Å². The van der Waals surface area contributed by atoms with Gasteiger partial charge in [0.1, 0.15) is 18.8 Å². The number of carbonyl (C=O) groups excluding carboxylic acids is 1. The van der Waals surface area contributed by atoms with E-state index in [0.717, 1.165) is 15.9 Å². The van der Waals surface area contributed by atoms with Crippen molar-refractivity contribution in [2.75, 3.05) is 18.5 Å². The van der Waals surface area contributed by atoms with Gasteiger partial charge in [0.05, 0.1) is 6.54 Å². The molecule has 1 amide bonds. The van der Waals surface area contributed by atoms with Crippen LogP contribution < -0.4 is 20.1 Å². The summed E-state index contributed by atoms with van der Waals surface area (Å²) in [6.07, 6.45) is -0.191. The molecule has 1 aliphatic rings. The van der Waals surface area contributed by atoms with E-state index in [1.54, 1.807) is 0 Å². The van der Waals surface area contributed by atoms with Crippen LogP contribution in [0.1, 0.15) is 6.92 Å². The lowest BCUT2D eigenvalue weighted by atomic mass is 10.2. The molecule has 0 saturated heterocycles. The molecule has 24 heavy (non-hydrogen) atoms. The summed E-state index contributed by atoms with van der Waals surface area (Å²) < 4.78 is 12.5. The molecular weight excluding hydrogens is 372 g/mol. The second-order valence-electron chi connectivity index (χ2n) is 5.62. The van der Waals surface area contributed by atoms with Crippen LogP contribution in [0.5, 0.6) is 11.5 Å². The molecule has 2 aromatic carbocycles. The molecule has 5 nitrogen and oxygen atoms in total. The molecule has 126 valence electrons. The van der Waals surface area contributed by atoms with Crippen molar-refractivity contribution < 1.29 is 14.3 Å². The van der Waals surface area contributed by atoms with Crippen LogP contribution in [0.3, 0.4) is 0 Å². The summed E-state index contributed by atoms with van der Waals surface area (Å²) in [5.41, 5.74) is 0.895. The number of hydrogen-bond acceptors (Lipinski definition) is 4. The van der Waals surface area contributed by atoms with Gasteiger partial charge in [-0.05, 0) is 43.3 Å². The summed E-state index contributed by atoms with van der Waals surface area (Å²) in [4.78, 5) is 12.2. The van der Waals surface area contributed by atoms with Gasteiger partial charge in [-0.1, -0.05) is 28.1 Å². The quantitative estimate of drug-likeness (QED) is 0.822. The third-order valence-corrected chi connectivity index (χ3v) is 4.22. The number of para-hydroxylation sites is 2. The number of hydrogen-bond donors (Lipinski definition) is 2. The second-order valence-corrected chi connectivity index (χ2v) is 6.53. The van der Waals surface area contributed by atoms with Crippen LogP contribution in [0.2, 0.25) is 0 Å². The van der Waals surface area contributed by atoms with Gasteiger partial charge in [-0.15, -0.1) is 0 Å². The third kappa shape index (κ3) is 4.20. The van der Waals surface area contributed by atoms with E-state index >= 15 is 0 Å². The Balaban J connectivity index is 1.48. The molecule has 0 aliphatic carbocycles. The van der Waals surface area contributed by atoms with E-state index < -0.39 is 0 Å². The first kappa shape index (κ1) is 16.6. The van der Waals surface area contributed by atoms with Crippen molar-refractivity contribution in [2.45, 2.75) is 19.1 Å². The predicted octanol–water partition coefficient (Wildman–Crippen LogP) is 3.21. The Morgan fingerprint density at radius 2 is 1.92 bits per heavy atom. The zero-order valence-corrected chi connectivity index (χ0v) is 14.9. The van der Waals surface area contributed by atoms with E-state index in [2.05, 4.69) is 26.6 Å². The molecule has 0 aromatic heterocycles. The first-order valence-electron chi connectivity index (χ1n) is 7.80. The maximum atomic E-state index is 12.2. The fourth-order valence-electron chi connectivity index (χ4n) is 2.39. The summed E-state index contributed by atoms with van der Waals surface area (Å²) >= 11 is 3.39. The summed E-state index contributed by atoms with van der Waals surface area (Å²) in [5.74, 6) is 1.37. The van der Waals surface area contributed by atoms with E-state index in [0.29, 0.717) is 18.9 Å². The third-order valence-electron chi connectivity index (χ3n) is 3.69. The molecule has 2 aromatic rings. The lowest BCUT2D eigenvalue weighted by Gasteiger charge is -2.27. The van der Waals surface area contributed by atoms with Gasteiger partial charge in [0.15, 0.2) is 11.5 Å². The zero-order valence-electron chi connectivity index (χ0n) is 13.3. The Morgan fingerprint density at radius 3 is 2.67 bits per heavy atom. The standard InChI is InChI=1S/C18H19BrN2O3/c1-12(21-14-8-6-13(19)7-9-14)18(22)20-10-15-11-23-16-4-2-3-5-17(16)24-15/h2-9,12,15,21H,10-11H2,1H3,(H,20,22). The molecule has 6 heteroatoms. The lowest BCUT2D eigenvalue weighted by molar-refractivity contribution is -0.122. The van der Waals surface area contributed by atoms with E-state index in [1.165, 1.54) is 0 Å². The first-order valence-corrected chi connectivity index (χ1v) is 8.59. The number of benzene rings is 2. The number of carbonyl (C=O) groups is 1. The van der Waals surface area contributed by atoms with Crippen molar-refractivity contribution in [1.82, 2.24) is 5.32 Å². The molecule has 0 fully saturated rings. The van der Waals surface area contributed by atoms with Gasteiger partial charge in [0.2, 0.25) is 5.91 Å². The SMILES string of the molecule is CC(Nc1ccc(Br)cc1)C(=O)NCC1COc2ccccc2O1. The fraction of sp³-hybridized carbons (Fsp3) is 0.278. The maximum Gasteiger partial charge on any atom is 0.242 e. The highest BCUT2D eigenvalue weighted by Gasteiger charge is 2.22. The van der Waals surface area contributed by atoms with Crippen LogP contribution >= 0.6 is 15.9 Å². The van der Waals surface area contributed by atoms with E-state index in [1.807, 2.05) is 55.5 Å². The average Bonchev–Trinajstić information content (AvgIpc) is 2.61. The van der Waals surface area contributed by atoms with Gasteiger partial charge in [-0.25, -0.2) is 0 Å². The molecular formula is C18H19BrN2O3. The van der Waals surface area contributed by atoms with Crippen molar-refractivity contribution in [3.63, 3.8) is 0 Å². The Morgan fingerprint density at radius 1 is 1.21 bits per heavy atom. The van der Waals surface area contributed by atoms with E-state index in [-0.39, 0.29) is 18.1 Å². The van der Waals surface area contributed by atoms with Crippen molar-refractivity contribution >= 4 is 27.5 Å². The van der Waals surface area contributed by atoms with Crippen LogP contribution in [-0.4, -0.2) is 31.2 Å². The Hall–Kier alpha value is -2.21. The highest BCUT2D eigenvalue weighted by atomic mass is 79.9. The van der Waals surface area contributed by atoms with Gasteiger partial charge in [0.25, 0.3) is 0 Å². The van der Waals surface area contributed by atoms with Gasteiger partial charge >= 0.3 is 0 Å². The van der Waals surface area contributed by atoms with Crippen molar-refractivity contribution in [3.8, 4) is 11.5 Å². The number of nitrogens with one attached hydrogen (secondary N) is 2.